The number of carbonyl (C=O) groups excluding carboxylic acids is 2. The molecule has 0 aromatic heterocycles. The number of alkyl halides is 1. The molecule has 0 fully saturated rings. The third-order valence-corrected chi connectivity index (χ3v) is 2.67. The molecule has 1 unspecified atom stereocenters. The number of carbonyl (C=O) groups is 2. The Morgan fingerprint density at radius 2 is 1.83 bits per heavy atom. The van der Waals surface area contributed by atoms with Crippen LogP contribution in [0.15, 0.2) is 12.1 Å². The van der Waals surface area contributed by atoms with Gasteiger partial charge in [-0.25, -0.2) is 13.6 Å². The Morgan fingerprint density at radius 1 is 1.33 bits per heavy atom. The van der Waals surface area contributed by atoms with Crippen molar-refractivity contribution in [2.24, 2.45) is 0 Å². The van der Waals surface area contributed by atoms with Gasteiger partial charge in [0.25, 0.3) is 0 Å². The van der Waals surface area contributed by atoms with Crippen LogP contribution < -0.4 is 0 Å². The van der Waals surface area contributed by atoms with E-state index in [1.807, 2.05) is 0 Å². The first-order chi connectivity index (χ1) is 8.38. The number of Topliss-reactive ketones (excluding diaryl/α,β-unsaturated/α-hetero) is 1. The molecule has 0 N–H and O–H groups in total. The van der Waals surface area contributed by atoms with E-state index in [1.165, 1.54) is 6.92 Å². The minimum absolute atomic E-state index is 0.0615. The van der Waals surface area contributed by atoms with Gasteiger partial charge in [0.1, 0.15) is 11.6 Å². The smallest absolute Gasteiger partial charge is 0.332 e. The van der Waals surface area contributed by atoms with Gasteiger partial charge in [-0.15, -0.1) is 11.6 Å². The molecule has 98 valence electrons. The average Bonchev–Trinajstić information content (AvgIpc) is 2.33. The van der Waals surface area contributed by atoms with Crippen LogP contribution in [0.4, 0.5) is 8.78 Å². The molecule has 0 bridgehead atoms. The third kappa shape index (κ3) is 3.04. The van der Waals surface area contributed by atoms with Gasteiger partial charge < -0.3 is 4.74 Å². The number of halogens is 3. The van der Waals surface area contributed by atoms with Gasteiger partial charge in [0.05, 0.1) is 6.61 Å². The van der Waals surface area contributed by atoms with E-state index >= 15 is 0 Å². The summed E-state index contributed by atoms with van der Waals surface area (Å²) in [5.74, 6) is -3.57. The molecule has 1 aromatic carbocycles. The van der Waals surface area contributed by atoms with Gasteiger partial charge in [-0.2, -0.15) is 0 Å². The summed E-state index contributed by atoms with van der Waals surface area (Å²) in [5.41, 5.74) is -0.502. The highest BCUT2D eigenvalue weighted by molar-refractivity contribution is 6.43. The van der Waals surface area contributed by atoms with Crippen molar-refractivity contribution >= 4 is 23.4 Å². The predicted molar refractivity (Wildman–Crippen MR) is 61.7 cm³/mol. The van der Waals surface area contributed by atoms with Gasteiger partial charge in [0, 0.05) is 11.1 Å². The third-order valence-electron chi connectivity index (χ3n) is 2.29. The van der Waals surface area contributed by atoms with Crippen LogP contribution in [-0.2, 0) is 9.53 Å². The Hall–Kier alpha value is -1.49. The van der Waals surface area contributed by atoms with Crippen LogP contribution in [0.3, 0.4) is 0 Å². The second-order valence-electron chi connectivity index (χ2n) is 3.54. The number of hydrogen-bond acceptors (Lipinski definition) is 3. The molecular weight excluding hydrogens is 266 g/mol. The predicted octanol–water partition coefficient (Wildman–Crippen LogP) is 2.63. The lowest BCUT2D eigenvalue weighted by atomic mass is 10.1. The summed E-state index contributed by atoms with van der Waals surface area (Å²) >= 11 is 5.57. The fraction of sp³-hybridized carbons (Fsp3) is 0.333. The van der Waals surface area contributed by atoms with Crippen molar-refractivity contribution in [2.45, 2.75) is 19.2 Å². The van der Waals surface area contributed by atoms with Gasteiger partial charge in [-0.05, 0) is 26.0 Å². The zero-order chi connectivity index (χ0) is 13.9. The maximum absolute atomic E-state index is 13.3. The SMILES string of the molecule is CCOC(=O)C(Cl)C(=O)c1cc(F)c(C)c(F)c1. The molecule has 0 saturated heterocycles. The quantitative estimate of drug-likeness (QED) is 0.367. The van der Waals surface area contributed by atoms with Crippen LogP contribution in [0.25, 0.3) is 0 Å². The summed E-state index contributed by atoms with van der Waals surface area (Å²) in [7, 11) is 0. The first-order valence-electron chi connectivity index (χ1n) is 5.19. The molecule has 18 heavy (non-hydrogen) atoms. The monoisotopic (exact) mass is 276 g/mol. The summed E-state index contributed by atoms with van der Waals surface area (Å²) in [4.78, 5) is 22.9. The molecule has 0 heterocycles. The molecule has 0 aliphatic rings. The minimum atomic E-state index is -1.61. The van der Waals surface area contributed by atoms with Gasteiger partial charge in [0.2, 0.25) is 0 Å². The van der Waals surface area contributed by atoms with Crippen LogP contribution in [0.2, 0.25) is 0 Å². The Labute approximate surface area is 108 Å². The van der Waals surface area contributed by atoms with Gasteiger partial charge >= 0.3 is 5.97 Å². The maximum atomic E-state index is 13.3. The van der Waals surface area contributed by atoms with Gasteiger partial charge in [-0.3, -0.25) is 4.79 Å². The fourth-order valence-electron chi connectivity index (χ4n) is 1.26. The molecule has 0 amide bonds. The second kappa shape index (κ2) is 5.91. The van der Waals surface area contributed by atoms with Crippen molar-refractivity contribution in [3.8, 4) is 0 Å². The van der Waals surface area contributed by atoms with Crippen LogP contribution in [0.1, 0.15) is 22.8 Å². The van der Waals surface area contributed by atoms with Crippen molar-refractivity contribution < 1.29 is 23.1 Å². The molecule has 6 heteroatoms. The van der Waals surface area contributed by atoms with E-state index in [0.717, 1.165) is 12.1 Å². The molecule has 1 atom stereocenters. The minimum Gasteiger partial charge on any atom is -0.465 e. The Balaban J connectivity index is 3.01. The summed E-state index contributed by atoms with van der Waals surface area (Å²) < 4.78 is 31.1. The van der Waals surface area contributed by atoms with Crippen LogP contribution in [0.5, 0.6) is 0 Å². The number of rotatable bonds is 4. The number of hydrogen-bond donors (Lipinski definition) is 0. The zero-order valence-electron chi connectivity index (χ0n) is 9.80. The Bertz CT molecular complexity index is 465. The van der Waals surface area contributed by atoms with Crippen LogP contribution in [0, 0.1) is 18.6 Å². The molecule has 3 nitrogen and oxygen atoms in total. The summed E-state index contributed by atoms with van der Waals surface area (Å²) in [6.45, 7) is 2.85. The van der Waals surface area contributed by atoms with Gasteiger partial charge in [-0.1, -0.05) is 0 Å². The Kier molecular flexibility index (Phi) is 4.78. The molecule has 0 saturated carbocycles. The molecule has 0 aliphatic carbocycles. The molecular formula is C12H11ClF2O3. The summed E-state index contributed by atoms with van der Waals surface area (Å²) in [5, 5.41) is -1.61. The van der Waals surface area contributed by atoms with E-state index in [0.29, 0.717) is 0 Å². The number of ketones is 1. The first-order valence-corrected chi connectivity index (χ1v) is 5.62. The van der Waals surface area contributed by atoms with E-state index in [4.69, 9.17) is 11.6 Å². The van der Waals surface area contributed by atoms with E-state index in [2.05, 4.69) is 4.74 Å². The van der Waals surface area contributed by atoms with E-state index in [1.54, 1.807) is 6.92 Å². The van der Waals surface area contributed by atoms with Crippen molar-refractivity contribution in [2.75, 3.05) is 6.61 Å². The molecule has 1 aromatic rings. The highest BCUT2D eigenvalue weighted by Crippen LogP contribution is 2.17. The van der Waals surface area contributed by atoms with Gasteiger partial charge in [0.15, 0.2) is 11.2 Å². The average molecular weight is 277 g/mol. The zero-order valence-corrected chi connectivity index (χ0v) is 10.6. The summed E-state index contributed by atoms with van der Waals surface area (Å²) in [6, 6.07) is 1.69. The van der Waals surface area contributed by atoms with E-state index < -0.39 is 28.8 Å². The highest BCUT2D eigenvalue weighted by Gasteiger charge is 2.27. The van der Waals surface area contributed by atoms with E-state index in [-0.39, 0.29) is 17.7 Å². The lowest BCUT2D eigenvalue weighted by Gasteiger charge is -2.09. The van der Waals surface area contributed by atoms with Crippen molar-refractivity contribution in [3.05, 3.63) is 34.9 Å². The normalized spacial score (nSPS) is 12.1. The largest absolute Gasteiger partial charge is 0.465 e. The number of benzene rings is 1. The van der Waals surface area contributed by atoms with Crippen molar-refractivity contribution in [3.63, 3.8) is 0 Å². The highest BCUT2D eigenvalue weighted by atomic mass is 35.5. The lowest BCUT2D eigenvalue weighted by molar-refractivity contribution is -0.141. The molecule has 0 aliphatic heterocycles. The molecule has 0 spiro atoms. The first kappa shape index (κ1) is 14.6. The molecule has 1 rings (SSSR count). The number of ether oxygens (including phenoxy) is 1. The van der Waals surface area contributed by atoms with Crippen LogP contribution in [-0.4, -0.2) is 23.7 Å². The Morgan fingerprint density at radius 3 is 2.28 bits per heavy atom. The van der Waals surface area contributed by atoms with Crippen molar-refractivity contribution in [1.29, 1.82) is 0 Å². The van der Waals surface area contributed by atoms with E-state index in [9.17, 15) is 18.4 Å². The summed E-state index contributed by atoms with van der Waals surface area (Å²) in [6.07, 6.45) is 0. The fourth-order valence-corrected chi connectivity index (χ4v) is 1.45. The lowest BCUT2D eigenvalue weighted by Crippen LogP contribution is -2.27. The topological polar surface area (TPSA) is 43.4 Å². The standard InChI is InChI=1S/C12H11ClF2O3/c1-3-18-12(17)10(13)11(16)7-4-8(14)6(2)9(15)5-7/h4-5,10H,3H2,1-2H3. The number of esters is 1. The van der Waals surface area contributed by atoms with Crippen LogP contribution >= 0.6 is 11.6 Å². The molecule has 0 radical (unpaired) electrons. The van der Waals surface area contributed by atoms with Crippen molar-refractivity contribution in [1.82, 2.24) is 0 Å². The maximum Gasteiger partial charge on any atom is 0.332 e. The second-order valence-corrected chi connectivity index (χ2v) is 3.98.